The molecule has 0 saturated heterocycles. The lowest BCUT2D eigenvalue weighted by atomic mass is 10.0. The molecule has 0 aliphatic carbocycles. The third-order valence-electron chi connectivity index (χ3n) is 4.58. The monoisotopic (exact) mass is 428 g/mol. The largest absolute Gasteiger partial charge is 0.359 e. The van der Waals surface area contributed by atoms with Crippen LogP contribution in [-0.4, -0.2) is 22.6 Å². The van der Waals surface area contributed by atoms with Crippen molar-refractivity contribution in [1.29, 1.82) is 0 Å². The summed E-state index contributed by atoms with van der Waals surface area (Å²) >= 11 is 0. The van der Waals surface area contributed by atoms with Gasteiger partial charge in [-0.3, -0.25) is 4.99 Å². The first-order valence-electron chi connectivity index (χ1n) is 10.8. The molecule has 1 aromatic rings. The van der Waals surface area contributed by atoms with Gasteiger partial charge in [0.1, 0.15) is 5.76 Å². The Bertz CT molecular complexity index is 781. The number of allylic oxidation sites excluding steroid dienone is 6. The van der Waals surface area contributed by atoms with Crippen LogP contribution in [0.4, 0.5) is 5.82 Å². The maximum atomic E-state index is 8.75. The van der Waals surface area contributed by atoms with Crippen LogP contribution in [0.15, 0.2) is 76.1 Å². The molecule has 1 atom stereocenters. The number of aliphatic imine (C=N–C) groups is 1. The molecule has 6 nitrogen and oxygen atoms in total. The fraction of sp³-hybridized carbons (Fsp3) is 0.440. The van der Waals surface area contributed by atoms with E-state index in [1.54, 1.807) is 12.3 Å². The highest BCUT2D eigenvalue weighted by molar-refractivity contribution is 6.00. The molecule has 1 heterocycles. The van der Waals surface area contributed by atoms with Crippen molar-refractivity contribution in [3.8, 4) is 0 Å². The molecule has 1 aromatic heterocycles. The van der Waals surface area contributed by atoms with Crippen LogP contribution in [-0.2, 0) is 0 Å². The highest BCUT2D eigenvalue weighted by atomic mass is 16.5. The summed E-state index contributed by atoms with van der Waals surface area (Å²) in [6.07, 6.45) is 12.4. The van der Waals surface area contributed by atoms with E-state index in [1.165, 1.54) is 0 Å². The van der Waals surface area contributed by atoms with E-state index < -0.39 is 0 Å². The van der Waals surface area contributed by atoms with Crippen molar-refractivity contribution in [2.45, 2.75) is 66.7 Å². The summed E-state index contributed by atoms with van der Waals surface area (Å²) < 4.78 is 5.41. The van der Waals surface area contributed by atoms with Gasteiger partial charge in [0, 0.05) is 24.7 Å². The Kier molecular flexibility index (Phi) is 15.5. The fourth-order valence-electron chi connectivity index (χ4n) is 2.52. The number of hydrogen-bond donors (Lipinski definition) is 3. The van der Waals surface area contributed by atoms with Gasteiger partial charge >= 0.3 is 0 Å². The molecule has 31 heavy (non-hydrogen) atoms. The summed E-state index contributed by atoms with van der Waals surface area (Å²) in [4.78, 5) is 4.50. The summed E-state index contributed by atoms with van der Waals surface area (Å²) in [6.45, 7) is 20.4. The predicted molar refractivity (Wildman–Crippen MR) is 133 cm³/mol. The molecule has 3 N–H and O–H groups in total. The number of hydroxylamine groups is 1. The van der Waals surface area contributed by atoms with Crippen LogP contribution in [0, 0.1) is 0 Å². The van der Waals surface area contributed by atoms with Crippen molar-refractivity contribution in [2.24, 2.45) is 4.99 Å². The number of hydrogen-bond acceptors (Lipinski definition) is 6. The second-order valence-corrected chi connectivity index (χ2v) is 7.02. The molecule has 0 bridgehead atoms. The van der Waals surface area contributed by atoms with Gasteiger partial charge in [-0.25, -0.2) is 5.48 Å². The zero-order chi connectivity index (χ0) is 23.6. The molecule has 172 valence electrons. The lowest BCUT2D eigenvalue weighted by molar-refractivity contribution is 0.179. The first-order valence-corrected chi connectivity index (χ1v) is 10.8. The molecule has 0 saturated carbocycles. The molecule has 0 aliphatic heterocycles. The first kappa shape index (κ1) is 28.3. The molecule has 6 heteroatoms. The topological polar surface area (TPSA) is 82.7 Å². The average Bonchev–Trinajstić information content (AvgIpc) is 3.24. The van der Waals surface area contributed by atoms with E-state index in [2.05, 4.69) is 48.0 Å². The van der Waals surface area contributed by atoms with E-state index >= 15 is 0 Å². The number of aromatic nitrogens is 1. The molecule has 0 fully saturated rings. The van der Waals surface area contributed by atoms with Gasteiger partial charge in [0.15, 0.2) is 5.82 Å². The Morgan fingerprint density at radius 3 is 2.52 bits per heavy atom. The van der Waals surface area contributed by atoms with Gasteiger partial charge in [0.2, 0.25) is 0 Å². The van der Waals surface area contributed by atoms with Crippen LogP contribution in [0.5, 0.6) is 0 Å². The third kappa shape index (κ3) is 11.3. The van der Waals surface area contributed by atoms with Crippen molar-refractivity contribution >= 4 is 11.5 Å². The van der Waals surface area contributed by atoms with Crippen LogP contribution in [0.25, 0.3) is 0 Å². The maximum absolute atomic E-state index is 8.75. The highest BCUT2D eigenvalue weighted by Crippen LogP contribution is 2.23. The standard InChI is InChI=1S/C21H32N4O2.C4H8/c1-7-10-15(4)20-13-21(25-27-20)24-17(6)16(5)22-14-19(9-3)18(8-2)11-12-23-26;1-3-4-2/h8,11,13-15,23,26H,2,6-7,9-10,12H2,1,3-5H3,(H,24,25);3-4H,1-2H3/b18-11+,19-14+,22-16?;4-3-. The van der Waals surface area contributed by atoms with Gasteiger partial charge in [-0.2, -0.15) is 0 Å². The average molecular weight is 429 g/mol. The lowest BCUT2D eigenvalue weighted by Crippen LogP contribution is -2.07. The fourth-order valence-corrected chi connectivity index (χ4v) is 2.52. The van der Waals surface area contributed by atoms with Crippen LogP contribution in [0.1, 0.15) is 72.5 Å². The molecule has 0 spiro atoms. The van der Waals surface area contributed by atoms with Gasteiger partial charge in [0.25, 0.3) is 0 Å². The minimum atomic E-state index is 0.341. The summed E-state index contributed by atoms with van der Waals surface area (Å²) in [6, 6.07) is 1.91. The SMILES string of the molecule is C/C=C\C.C=CC(=C\CNO)/C(=C/N=C(C)C(=C)Nc1cc(C(C)CCC)on1)CC. The van der Waals surface area contributed by atoms with E-state index in [-0.39, 0.29) is 0 Å². The summed E-state index contributed by atoms with van der Waals surface area (Å²) in [5.41, 5.74) is 5.47. The Morgan fingerprint density at radius 2 is 2.00 bits per heavy atom. The predicted octanol–water partition coefficient (Wildman–Crippen LogP) is 6.93. The van der Waals surface area contributed by atoms with Crippen LogP contribution >= 0.6 is 0 Å². The molecule has 0 aromatic carbocycles. The minimum Gasteiger partial charge on any atom is -0.359 e. The maximum Gasteiger partial charge on any atom is 0.174 e. The number of anilines is 1. The van der Waals surface area contributed by atoms with Crippen molar-refractivity contribution in [3.05, 3.63) is 72.3 Å². The second kappa shape index (κ2) is 17.0. The lowest BCUT2D eigenvalue weighted by Gasteiger charge is -2.07. The zero-order valence-corrected chi connectivity index (χ0v) is 20.0. The summed E-state index contributed by atoms with van der Waals surface area (Å²) in [5.74, 6) is 1.84. The second-order valence-electron chi connectivity index (χ2n) is 7.02. The summed E-state index contributed by atoms with van der Waals surface area (Å²) in [5, 5.41) is 16.0. The van der Waals surface area contributed by atoms with Crippen LogP contribution in [0.2, 0.25) is 0 Å². The van der Waals surface area contributed by atoms with Crippen molar-refractivity contribution in [3.63, 3.8) is 0 Å². The quantitative estimate of drug-likeness (QED) is 0.145. The van der Waals surface area contributed by atoms with Crippen molar-refractivity contribution < 1.29 is 9.73 Å². The number of rotatable bonds is 12. The van der Waals surface area contributed by atoms with Gasteiger partial charge in [-0.15, -0.1) is 0 Å². The smallest absolute Gasteiger partial charge is 0.174 e. The van der Waals surface area contributed by atoms with Crippen molar-refractivity contribution in [1.82, 2.24) is 10.6 Å². The Morgan fingerprint density at radius 1 is 1.32 bits per heavy atom. The number of nitrogens with zero attached hydrogens (tertiary/aromatic N) is 2. The number of nitrogens with one attached hydrogen (secondary N) is 2. The molecule has 0 radical (unpaired) electrons. The summed E-state index contributed by atoms with van der Waals surface area (Å²) in [7, 11) is 0. The molecular weight excluding hydrogens is 388 g/mol. The van der Waals surface area contributed by atoms with Gasteiger partial charge in [0.05, 0.1) is 11.4 Å². The Balaban J connectivity index is 0.00000206. The van der Waals surface area contributed by atoms with E-state index in [9.17, 15) is 0 Å². The van der Waals surface area contributed by atoms with Crippen LogP contribution < -0.4 is 10.8 Å². The molecule has 0 aliphatic rings. The third-order valence-corrected chi connectivity index (χ3v) is 4.58. The van der Waals surface area contributed by atoms with Crippen LogP contribution in [0.3, 0.4) is 0 Å². The van der Waals surface area contributed by atoms with Gasteiger partial charge < -0.3 is 15.0 Å². The molecule has 1 unspecified atom stereocenters. The normalized spacial score (nSPS) is 13.6. The molecule has 1 rings (SSSR count). The highest BCUT2D eigenvalue weighted by Gasteiger charge is 2.12. The Labute approximate surface area is 188 Å². The Hall–Kier alpha value is -2.70. The minimum absolute atomic E-state index is 0.341. The van der Waals surface area contributed by atoms with Gasteiger partial charge in [-0.1, -0.05) is 69.8 Å². The van der Waals surface area contributed by atoms with E-state index in [0.29, 0.717) is 24.0 Å². The van der Waals surface area contributed by atoms with E-state index in [1.807, 2.05) is 52.0 Å². The van der Waals surface area contributed by atoms with Crippen molar-refractivity contribution in [2.75, 3.05) is 11.9 Å². The molecule has 0 amide bonds. The zero-order valence-electron chi connectivity index (χ0n) is 20.0. The van der Waals surface area contributed by atoms with E-state index in [0.717, 1.165) is 41.9 Å². The van der Waals surface area contributed by atoms with E-state index in [4.69, 9.17) is 9.73 Å². The first-order chi connectivity index (χ1) is 14.9. The van der Waals surface area contributed by atoms with Gasteiger partial charge in [-0.05, 0) is 44.8 Å². The molecular formula is C25H40N4O2.